The Morgan fingerprint density at radius 3 is 2.31 bits per heavy atom. The van der Waals surface area contributed by atoms with Crippen molar-refractivity contribution in [2.75, 3.05) is 76.2 Å². The molecule has 2 aromatic carbocycles. The Kier molecular flexibility index (Phi) is 16.3. The van der Waals surface area contributed by atoms with E-state index in [2.05, 4.69) is 60.9 Å². The summed E-state index contributed by atoms with van der Waals surface area (Å²) >= 11 is 1.30. The van der Waals surface area contributed by atoms with E-state index in [1.165, 1.54) is 48.1 Å². The minimum absolute atomic E-state index is 0.0544. The molecule has 4 aromatic heterocycles. The number of anilines is 3. The van der Waals surface area contributed by atoms with Crippen LogP contribution in [0.1, 0.15) is 102 Å². The molecule has 0 bridgehead atoms. The maximum absolute atomic E-state index is 14.6. The molecule has 7 heterocycles. The van der Waals surface area contributed by atoms with E-state index >= 15 is 0 Å². The number of sulfone groups is 1. The number of fused-ring (bicyclic) bond motifs is 1. The highest BCUT2D eigenvalue weighted by molar-refractivity contribution is 7.92. The number of carbonyl (C=O) groups is 4. The number of H-pyrrole nitrogens is 1. The van der Waals surface area contributed by atoms with Crippen molar-refractivity contribution in [1.29, 1.82) is 0 Å². The lowest BCUT2D eigenvalue weighted by Crippen LogP contribution is -2.57. The monoisotopic (exact) mass is 1090 g/mol. The standard InChI is InChI=1S/C53H65FN14O7S2/c1-31-32(2)63-64-47(31)62-48-37-25-43(77(73,74)53(4,5)6)42(26-38(37)58-30-59-48)75-24-23-65-19-21-66(22-20-65)44-28-56-39(27-57-44)51(71)67-17-14-34(15-18-67)45(61-49(70)33(3)55-7)52(72)68-16-8-9-41(68)50-60-40(29-76-50)46(69)35-10-12-36(54)13-11-35/h10-13,25-30,33-34,41,45,55H,8-9,14-24H2,1-7H3,(H,61,70)(H2,58,59,62,63,64)/t33?,41-,45?/m0/s1. The van der Waals surface area contributed by atoms with E-state index in [1.54, 1.807) is 68.3 Å². The molecule has 24 heteroatoms. The number of aryl methyl sites for hydroxylation is 1. The summed E-state index contributed by atoms with van der Waals surface area (Å²) in [5.74, 6) is -0.000734. The number of nitrogens with zero attached hydrogens (tertiary/aromatic N) is 10. The first-order valence-corrected chi connectivity index (χ1v) is 28.2. The van der Waals surface area contributed by atoms with Gasteiger partial charge in [-0.05, 0) is 111 Å². The number of likely N-dealkylation sites (N-methyl/N-ethyl adjacent to an activating group) is 1. The molecule has 77 heavy (non-hydrogen) atoms. The van der Waals surface area contributed by atoms with E-state index in [0.29, 0.717) is 111 Å². The van der Waals surface area contributed by atoms with Gasteiger partial charge >= 0.3 is 0 Å². The highest BCUT2D eigenvalue weighted by Crippen LogP contribution is 2.39. The first kappa shape index (κ1) is 54.8. The van der Waals surface area contributed by atoms with Gasteiger partial charge in [0.25, 0.3) is 5.91 Å². The highest BCUT2D eigenvalue weighted by atomic mass is 32.2. The van der Waals surface area contributed by atoms with Crippen LogP contribution in [0, 0.1) is 25.6 Å². The van der Waals surface area contributed by atoms with Gasteiger partial charge in [-0.1, -0.05) is 0 Å². The summed E-state index contributed by atoms with van der Waals surface area (Å²) in [6, 6.07) is 6.74. The molecule has 9 rings (SSSR count). The molecule has 0 aliphatic carbocycles. The fraction of sp³-hybridized carbons (Fsp3) is 0.472. The molecule has 6 aromatic rings. The number of hydrogen-bond donors (Lipinski definition) is 4. The summed E-state index contributed by atoms with van der Waals surface area (Å²) in [6.07, 6.45) is 6.81. The van der Waals surface area contributed by atoms with E-state index in [1.807, 2.05) is 13.8 Å². The van der Waals surface area contributed by atoms with Crippen molar-refractivity contribution < 1.29 is 36.7 Å². The van der Waals surface area contributed by atoms with Gasteiger partial charge in [-0.25, -0.2) is 37.7 Å². The number of hydrogen-bond acceptors (Lipinski definition) is 18. The van der Waals surface area contributed by atoms with Gasteiger partial charge in [-0.15, -0.1) is 11.3 Å². The number of ether oxygens (including phenoxy) is 1. The second-order valence-electron chi connectivity index (χ2n) is 20.8. The van der Waals surface area contributed by atoms with E-state index in [9.17, 15) is 32.0 Å². The quantitative estimate of drug-likeness (QED) is 0.0833. The van der Waals surface area contributed by atoms with Crippen molar-refractivity contribution in [1.82, 2.24) is 60.5 Å². The molecule has 3 atom stereocenters. The maximum atomic E-state index is 14.6. The van der Waals surface area contributed by atoms with E-state index < -0.39 is 32.5 Å². The number of likely N-dealkylation sites (tertiary alicyclic amines) is 2. The number of aromatic amines is 1. The lowest BCUT2D eigenvalue weighted by atomic mass is 9.88. The van der Waals surface area contributed by atoms with Crippen molar-refractivity contribution in [2.45, 2.75) is 95.0 Å². The molecule has 3 aliphatic heterocycles. The fourth-order valence-corrected chi connectivity index (χ4v) is 12.0. The van der Waals surface area contributed by atoms with Gasteiger partial charge in [0.15, 0.2) is 15.7 Å². The van der Waals surface area contributed by atoms with Crippen LogP contribution in [0.15, 0.2) is 65.4 Å². The van der Waals surface area contributed by atoms with Gasteiger partial charge in [-0.3, -0.25) is 29.2 Å². The lowest BCUT2D eigenvalue weighted by Gasteiger charge is -2.38. The third kappa shape index (κ3) is 11.8. The third-order valence-electron chi connectivity index (χ3n) is 14.9. The number of rotatable bonds is 17. The molecule has 408 valence electrons. The van der Waals surface area contributed by atoms with Gasteiger partial charge in [0.2, 0.25) is 17.6 Å². The number of piperazine rings is 1. The van der Waals surface area contributed by atoms with Crippen LogP contribution in [0.2, 0.25) is 0 Å². The molecule has 4 N–H and O–H groups in total. The fourth-order valence-electron chi connectivity index (χ4n) is 9.76. The summed E-state index contributed by atoms with van der Waals surface area (Å²) in [5, 5.41) is 19.3. The Labute approximate surface area is 450 Å². The molecule has 3 fully saturated rings. The number of benzene rings is 2. The smallest absolute Gasteiger partial charge is 0.274 e. The normalized spacial score (nSPS) is 17.6. The zero-order valence-electron chi connectivity index (χ0n) is 44.3. The Bertz CT molecular complexity index is 3240. The minimum atomic E-state index is -3.86. The lowest BCUT2D eigenvalue weighted by molar-refractivity contribution is -0.139. The SMILES string of the molecule is CNC(C)C(=O)NC(C(=O)N1CCC[C@H]1c1nc(C(=O)c2ccc(F)cc2)cs1)C1CCN(C(=O)c2cnc(N3CCN(CCOc4cc5ncnc(Nc6n[nH]c(C)c6C)c5cc4S(=O)(=O)C(C)(C)C)CC3)cn2)CC1. The average molecular weight is 1090 g/mol. The Morgan fingerprint density at radius 2 is 1.65 bits per heavy atom. The molecule has 3 saturated heterocycles. The molecular weight excluding hydrogens is 1030 g/mol. The summed E-state index contributed by atoms with van der Waals surface area (Å²) in [6.45, 7) is 15.1. The number of amides is 3. The first-order chi connectivity index (χ1) is 36.8. The van der Waals surface area contributed by atoms with E-state index in [-0.39, 0.29) is 64.1 Å². The molecule has 3 aliphatic rings. The third-order valence-corrected chi connectivity index (χ3v) is 18.3. The number of piperidine rings is 1. The van der Waals surface area contributed by atoms with Gasteiger partial charge in [-0.2, -0.15) is 5.10 Å². The number of carbonyl (C=O) groups excluding carboxylic acids is 4. The molecule has 0 spiro atoms. The van der Waals surface area contributed by atoms with Crippen molar-refractivity contribution in [2.24, 2.45) is 5.92 Å². The Balaban J connectivity index is 0.787. The molecule has 3 amide bonds. The van der Waals surface area contributed by atoms with E-state index in [0.717, 1.165) is 17.7 Å². The molecule has 2 unspecified atom stereocenters. The number of ketones is 1. The van der Waals surface area contributed by atoms with Gasteiger partial charge in [0, 0.05) is 86.0 Å². The van der Waals surface area contributed by atoms with Gasteiger partial charge in [0.1, 0.15) is 63.5 Å². The van der Waals surface area contributed by atoms with Crippen LogP contribution in [0.4, 0.5) is 21.8 Å². The van der Waals surface area contributed by atoms with E-state index in [4.69, 9.17) is 4.74 Å². The van der Waals surface area contributed by atoms with Crippen LogP contribution in [0.25, 0.3) is 10.9 Å². The van der Waals surface area contributed by atoms with Crippen LogP contribution in [-0.2, 0) is 19.4 Å². The number of aromatic nitrogens is 7. The zero-order valence-corrected chi connectivity index (χ0v) is 45.9. The predicted octanol–water partition coefficient (Wildman–Crippen LogP) is 5.41. The topological polar surface area (TPSA) is 254 Å². The second-order valence-corrected chi connectivity index (χ2v) is 24.3. The predicted molar refractivity (Wildman–Crippen MR) is 289 cm³/mol. The summed E-state index contributed by atoms with van der Waals surface area (Å²) < 4.78 is 46.7. The highest BCUT2D eigenvalue weighted by Gasteiger charge is 2.42. The molecule has 0 radical (unpaired) electrons. The van der Waals surface area contributed by atoms with Crippen LogP contribution in [-0.4, -0.2) is 165 Å². The van der Waals surface area contributed by atoms with Gasteiger partial charge in [0.05, 0.1) is 34.7 Å². The van der Waals surface area contributed by atoms with Crippen molar-refractivity contribution in [3.05, 3.63) is 99.5 Å². The van der Waals surface area contributed by atoms with Crippen LogP contribution < -0.4 is 25.6 Å². The Hall–Kier alpha value is -7.02. The minimum Gasteiger partial charge on any atom is -0.491 e. The number of halogens is 1. The maximum Gasteiger partial charge on any atom is 0.274 e. The second kappa shape index (κ2) is 22.9. The van der Waals surface area contributed by atoms with Crippen LogP contribution >= 0.6 is 11.3 Å². The average Bonchev–Trinajstić information content (AvgIpc) is 4.24. The molecular formula is C53H65FN14O7S2. The number of nitrogens with one attached hydrogen (secondary N) is 4. The van der Waals surface area contributed by atoms with Gasteiger partial charge < -0.3 is 35.4 Å². The summed E-state index contributed by atoms with van der Waals surface area (Å²) in [7, 11) is -2.19. The van der Waals surface area contributed by atoms with Crippen molar-refractivity contribution in [3.63, 3.8) is 0 Å². The number of thiazole rings is 1. The summed E-state index contributed by atoms with van der Waals surface area (Å²) in [4.78, 5) is 85.5. The van der Waals surface area contributed by atoms with Crippen molar-refractivity contribution in [3.8, 4) is 5.75 Å². The van der Waals surface area contributed by atoms with Crippen LogP contribution in [0.5, 0.6) is 5.75 Å². The first-order valence-electron chi connectivity index (χ1n) is 25.9. The molecule has 21 nitrogen and oxygen atoms in total. The largest absolute Gasteiger partial charge is 0.491 e. The molecule has 0 saturated carbocycles. The Morgan fingerprint density at radius 1 is 0.909 bits per heavy atom. The van der Waals surface area contributed by atoms with Crippen LogP contribution in [0.3, 0.4) is 0 Å². The zero-order chi connectivity index (χ0) is 54.8. The summed E-state index contributed by atoms with van der Waals surface area (Å²) in [5.41, 5.74) is 3.07. The van der Waals surface area contributed by atoms with Crippen molar-refractivity contribution >= 4 is 73.0 Å².